The van der Waals surface area contributed by atoms with Gasteiger partial charge < -0.3 is 20.0 Å². The minimum Gasteiger partial charge on any atom is -0.480 e. The second-order valence-electron chi connectivity index (χ2n) is 8.10. The number of hydrogen-bond donors (Lipinski definition) is 2. The van der Waals surface area contributed by atoms with Gasteiger partial charge in [-0.3, -0.25) is 19.4 Å². The molecule has 0 radical (unpaired) electrons. The van der Waals surface area contributed by atoms with E-state index in [0.717, 1.165) is 44.8 Å². The molecule has 1 aromatic carbocycles. The van der Waals surface area contributed by atoms with Crippen LogP contribution in [0.1, 0.15) is 5.56 Å². The normalized spacial score (nSPS) is 18.3. The molecule has 32 heavy (non-hydrogen) atoms. The third-order valence-corrected chi connectivity index (χ3v) is 5.70. The van der Waals surface area contributed by atoms with Gasteiger partial charge >= 0.3 is 11.9 Å². The van der Waals surface area contributed by atoms with Crippen molar-refractivity contribution in [2.24, 2.45) is 4.99 Å². The van der Waals surface area contributed by atoms with Crippen LogP contribution in [0.3, 0.4) is 0 Å². The highest BCUT2D eigenvalue weighted by Crippen LogP contribution is 2.13. The van der Waals surface area contributed by atoms with Crippen molar-refractivity contribution in [2.45, 2.75) is 6.42 Å². The molecule has 176 valence electrons. The fourth-order valence-corrected chi connectivity index (χ4v) is 3.74. The Morgan fingerprint density at radius 2 is 1.34 bits per heavy atom. The zero-order valence-electron chi connectivity index (χ0n) is 18.6. The summed E-state index contributed by atoms with van der Waals surface area (Å²) < 4.78 is 0. The first kappa shape index (κ1) is 26.1. The number of hydrogen-bond acceptors (Lipinski definition) is 8. The molecule has 1 aliphatic rings. The van der Waals surface area contributed by atoms with E-state index in [1.807, 2.05) is 34.1 Å². The number of carboxylic acids is 2. The molecular weight excluding hydrogens is 430 g/mol. The molecule has 1 saturated heterocycles. The van der Waals surface area contributed by atoms with E-state index in [9.17, 15) is 19.8 Å². The highest BCUT2D eigenvalue weighted by molar-refractivity contribution is 7.78. The number of aliphatic carboxylic acids is 2. The predicted molar refractivity (Wildman–Crippen MR) is 127 cm³/mol. The summed E-state index contributed by atoms with van der Waals surface area (Å²) in [5.41, 5.74) is 2.00. The number of thiocarbonyl (C=S) groups is 1. The molecule has 10 heteroatoms. The van der Waals surface area contributed by atoms with Gasteiger partial charge in [-0.2, -0.15) is 4.99 Å². The van der Waals surface area contributed by atoms with Gasteiger partial charge in [-0.05, 0) is 43.4 Å². The molecule has 9 nitrogen and oxygen atoms in total. The van der Waals surface area contributed by atoms with Gasteiger partial charge in [0, 0.05) is 58.9 Å². The first-order valence-corrected chi connectivity index (χ1v) is 11.2. The lowest BCUT2D eigenvalue weighted by molar-refractivity contribution is -0.140. The lowest BCUT2D eigenvalue weighted by Crippen LogP contribution is -2.47. The molecule has 0 aromatic heterocycles. The molecule has 2 rings (SSSR count). The van der Waals surface area contributed by atoms with Crippen LogP contribution < -0.4 is 0 Å². The Morgan fingerprint density at radius 3 is 1.84 bits per heavy atom. The van der Waals surface area contributed by atoms with Crippen LogP contribution in [0.4, 0.5) is 5.69 Å². The van der Waals surface area contributed by atoms with Gasteiger partial charge in [0.05, 0.1) is 23.9 Å². The van der Waals surface area contributed by atoms with E-state index < -0.39 is 11.9 Å². The van der Waals surface area contributed by atoms with E-state index in [1.165, 1.54) is 5.56 Å². The van der Waals surface area contributed by atoms with Crippen LogP contribution in [0.25, 0.3) is 0 Å². The highest BCUT2D eigenvalue weighted by atomic mass is 32.1. The van der Waals surface area contributed by atoms with Gasteiger partial charge in [0.2, 0.25) is 0 Å². The van der Waals surface area contributed by atoms with Crippen LogP contribution in [0.15, 0.2) is 29.3 Å². The molecule has 0 bridgehead atoms. The Labute approximate surface area is 194 Å². The third kappa shape index (κ3) is 10.4. The van der Waals surface area contributed by atoms with E-state index >= 15 is 0 Å². The Kier molecular flexibility index (Phi) is 11.4. The van der Waals surface area contributed by atoms with Gasteiger partial charge in [0.15, 0.2) is 0 Å². The maximum absolute atomic E-state index is 11.3. The maximum Gasteiger partial charge on any atom is 0.317 e. The first-order chi connectivity index (χ1) is 15.4. The summed E-state index contributed by atoms with van der Waals surface area (Å²) in [4.78, 5) is 34.8. The van der Waals surface area contributed by atoms with Crippen LogP contribution in [0.5, 0.6) is 0 Å². The van der Waals surface area contributed by atoms with Gasteiger partial charge in [-0.25, -0.2) is 0 Å². The van der Waals surface area contributed by atoms with Crippen LogP contribution in [-0.4, -0.2) is 126 Å². The number of benzene rings is 1. The molecule has 0 amide bonds. The molecular formula is C22H33N5O4S. The van der Waals surface area contributed by atoms with Crippen LogP contribution in [-0.2, 0) is 16.0 Å². The van der Waals surface area contributed by atoms with Crippen molar-refractivity contribution in [2.75, 3.05) is 79.0 Å². The number of rotatable bonds is 8. The van der Waals surface area contributed by atoms with Gasteiger partial charge in [-0.1, -0.05) is 12.1 Å². The van der Waals surface area contributed by atoms with Gasteiger partial charge in [0.1, 0.15) is 0 Å². The number of nitrogens with zero attached hydrogens (tertiary/aromatic N) is 5. The molecule has 0 spiro atoms. The van der Waals surface area contributed by atoms with E-state index in [0.29, 0.717) is 26.2 Å². The van der Waals surface area contributed by atoms with Crippen LogP contribution in [0.2, 0.25) is 0 Å². The number of isothiocyanates is 1. The Balaban J connectivity index is 2.00. The smallest absolute Gasteiger partial charge is 0.317 e. The Morgan fingerprint density at radius 1 is 0.875 bits per heavy atom. The number of carboxylic acid groups (broad SMARTS) is 2. The summed E-state index contributed by atoms with van der Waals surface area (Å²) in [6, 6.07) is 7.94. The van der Waals surface area contributed by atoms with Crippen LogP contribution >= 0.6 is 12.2 Å². The summed E-state index contributed by atoms with van der Waals surface area (Å²) in [6.07, 6.45) is 0.886. The zero-order valence-corrected chi connectivity index (χ0v) is 19.5. The topological polar surface area (TPSA) is 99.9 Å². The third-order valence-electron chi connectivity index (χ3n) is 5.61. The van der Waals surface area contributed by atoms with E-state index in [2.05, 4.69) is 39.2 Å². The van der Waals surface area contributed by atoms with Crippen molar-refractivity contribution in [1.29, 1.82) is 0 Å². The lowest BCUT2D eigenvalue weighted by atomic mass is 10.1. The SMILES string of the molecule is CN1CCN(CCc2ccc(N=C=S)cc2)CCN(CC(=O)O)CCN(CC(=O)O)CC1. The second-order valence-corrected chi connectivity index (χ2v) is 8.29. The summed E-state index contributed by atoms with van der Waals surface area (Å²) in [7, 11) is 2.05. The monoisotopic (exact) mass is 463 g/mol. The standard InChI is InChI=1S/C22H33N5O4S/c1-24-8-10-25(7-6-19-2-4-20(5-3-19)23-18-32)12-13-27(17-22(30)31)15-14-26(11-9-24)16-21(28)29/h2-5H,6-17H2,1H3,(H,28,29)(H,30,31). The average Bonchev–Trinajstić information content (AvgIpc) is 2.74. The Bertz CT molecular complexity index is 785. The molecule has 0 unspecified atom stereocenters. The van der Waals surface area contributed by atoms with Gasteiger partial charge in [-0.15, -0.1) is 0 Å². The van der Waals surface area contributed by atoms with E-state index in [4.69, 9.17) is 0 Å². The molecule has 0 atom stereocenters. The second kappa shape index (κ2) is 14.1. The highest BCUT2D eigenvalue weighted by Gasteiger charge is 2.18. The van der Waals surface area contributed by atoms with Crippen molar-refractivity contribution in [1.82, 2.24) is 19.6 Å². The number of likely N-dealkylation sites (N-methyl/N-ethyl adjacent to an activating group) is 1. The molecule has 1 heterocycles. The van der Waals surface area contributed by atoms with E-state index in [1.54, 1.807) is 0 Å². The zero-order chi connectivity index (χ0) is 23.3. The largest absolute Gasteiger partial charge is 0.480 e. The summed E-state index contributed by atoms with van der Waals surface area (Å²) in [5.74, 6) is -1.73. The summed E-state index contributed by atoms with van der Waals surface area (Å²) in [5, 5.41) is 20.8. The summed E-state index contributed by atoms with van der Waals surface area (Å²) in [6.45, 7) is 6.37. The molecule has 1 aromatic rings. The average molecular weight is 464 g/mol. The predicted octanol–water partition coefficient (Wildman–Crippen LogP) is 0.984. The minimum atomic E-state index is -0.868. The number of carbonyl (C=O) groups is 2. The molecule has 2 N–H and O–H groups in total. The molecule has 1 aliphatic heterocycles. The molecule has 1 fully saturated rings. The first-order valence-electron chi connectivity index (χ1n) is 10.8. The van der Waals surface area contributed by atoms with Crippen molar-refractivity contribution in [3.63, 3.8) is 0 Å². The van der Waals surface area contributed by atoms with E-state index in [-0.39, 0.29) is 13.1 Å². The molecule has 0 aliphatic carbocycles. The number of aliphatic imine (C=N–C) groups is 1. The minimum absolute atomic E-state index is 0.0323. The lowest BCUT2D eigenvalue weighted by Gasteiger charge is -2.32. The summed E-state index contributed by atoms with van der Waals surface area (Å²) >= 11 is 4.64. The van der Waals surface area contributed by atoms with Gasteiger partial charge in [0.25, 0.3) is 0 Å². The fraction of sp³-hybridized carbons (Fsp3) is 0.591. The quantitative estimate of drug-likeness (QED) is 0.432. The van der Waals surface area contributed by atoms with Crippen molar-refractivity contribution < 1.29 is 19.8 Å². The van der Waals surface area contributed by atoms with Crippen molar-refractivity contribution >= 4 is 35.0 Å². The van der Waals surface area contributed by atoms with Crippen molar-refractivity contribution in [3.05, 3.63) is 29.8 Å². The Hall–Kier alpha value is -2.20. The van der Waals surface area contributed by atoms with Crippen molar-refractivity contribution in [3.8, 4) is 0 Å². The van der Waals surface area contributed by atoms with Crippen LogP contribution in [0, 0.1) is 0 Å². The maximum atomic E-state index is 11.3. The molecule has 0 saturated carbocycles. The fourth-order valence-electron chi connectivity index (χ4n) is 3.64.